The van der Waals surface area contributed by atoms with E-state index in [4.69, 9.17) is 5.11 Å². The number of aryl methyl sites for hydroxylation is 1. The molecule has 1 fully saturated rings. The summed E-state index contributed by atoms with van der Waals surface area (Å²) in [4.78, 5) is 28.9. The van der Waals surface area contributed by atoms with Gasteiger partial charge in [-0.3, -0.25) is 14.5 Å². The number of rotatable bonds is 15. The summed E-state index contributed by atoms with van der Waals surface area (Å²) in [6, 6.07) is 8.61. The Balaban J connectivity index is 0.000000252. The molecule has 250 valence electrons. The number of halogens is 3. The minimum atomic E-state index is -4.39. The molecular formula is C35H46F3N5O3. The van der Waals surface area contributed by atoms with Crippen LogP contribution in [0.15, 0.2) is 42.9 Å². The second-order valence-corrected chi connectivity index (χ2v) is 12.3. The number of benzene rings is 1. The molecule has 2 aromatic heterocycles. The Morgan fingerprint density at radius 1 is 1.00 bits per heavy atom. The number of alkyl halides is 3. The standard InChI is InChI=1S/C26H37N3O.C9H9F3N2O2/c1-3-4-5-6-7-8-9-10-15-27-18-21-16-24(20-28-19-21)22-11-13-25-23(17-22)12-14-26(30)29(25)2;10-9(11,12)4-14-3-6(8(15)16)7(13-14)5-1-2-5/h11,13,16-17,19-20,27H,3-10,12,14-15,18H2,1-2H3;3,5H,1-2,4H2,(H,15,16). The number of aromatic carboxylic acids is 1. The van der Waals surface area contributed by atoms with E-state index < -0.39 is 18.7 Å². The summed E-state index contributed by atoms with van der Waals surface area (Å²) < 4.78 is 36.9. The number of hydrogen-bond donors (Lipinski definition) is 2. The lowest BCUT2D eigenvalue weighted by atomic mass is 9.96. The Bertz CT molecular complexity index is 1450. The van der Waals surface area contributed by atoms with E-state index in [9.17, 15) is 22.8 Å². The maximum Gasteiger partial charge on any atom is 0.408 e. The van der Waals surface area contributed by atoms with Crippen LogP contribution in [0.5, 0.6) is 0 Å². The molecule has 0 atom stereocenters. The number of hydrogen-bond acceptors (Lipinski definition) is 5. The van der Waals surface area contributed by atoms with Crippen LogP contribution in [0.3, 0.4) is 0 Å². The van der Waals surface area contributed by atoms with Gasteiger partial charge in [0.05, 0.1) is 5.69 Å². The predicted molar refractivity (Wildman–Crippen MR) is 173 cm³/mol. The van der Waals surface area contributed by atoms with Gasteiger partial charge in [0.25, 0.3) is 0 Å². The van der Waals surface area contributed by atoms with Gasteiger partial charge < -0.3 is 15.3 Å². The van der Waals surface area contributed by atoms with Crippen LogP contribution in [0.25, 0.3) is 11.1 Å². The third-order valence-corrected chi connectivity index (χ3v) is 8.41. The van der Waals surface area contributed by atoms with Gasteiger partial charge in [0.1, 0.15) is 12.1 Å². The van der Waals surface area contributed by atoms with E-state index in [2.05, 4.69) is 46.6 Å². The van der Waals surface area contributed by atoms with Gasteiger partial charge in [-0.25, -0.2) is 4.79 Å². The van der Waals surface area contributed by atoms with Crippen LogP contribution < -0.4 is 10.2 Å². The highest BCUT2D eigenvalue weighted by Gasteiger charge is 2.34. The second-order valence-electron chi connectivity index (χ2n) is 12.3. The molecule has 46 heavy (non-hydrogen) atoms. The molecule has 0 spiro atoms. The van der Waals surface area contributed by atoms with Gasteiger partial charge in [-0.1, -0.05) is 57.9 Å². The monoisotopic (exact) mass is 641 g/mol. The van der Waals surface area contributed by atoms with Crippen molar-refractivity contribution in [3.8, 4) is 11.1 Å². The van der Waals surface area contributed by atoms with Crippen molar-refractivity contribution < 1.29 is 27.9 Å². The second kappa shape index (κ2) is 16.7. The average Bonchev–Trinajstić information content (AvgIpc) is 3.79. The zero-order valence-electron chi connectivity index (χ0n) is 26.9. The van der Waals surface area contributed by atoms with Crippen LogP contribution in [0.2, 0.25) is 0 Å². The van der Waals surface area contributed by atoms with Crippen molar-refractivity contribution in [1.29, 1.82) is 0 Å². The summed E-state index contributed by atoms with van der Waals surface area (Å²) in [5.74, 6) is -1.02. The van der Waals surface area contributed by atoms with E-state index in [-0.39, 0.29) is 23.1 Å². The fourth-order valence-corrected chi connectivity index (χ4v) is 5.72. The molecule has 0 bridgehead atoms. The van der Waals surface area contributed by atoms with Crippen molar-refractivity contribution in [2.75, 3.05) is 18.5 Å². The van der Waals surface area contributed by atoms with Gasteiger partial charge in [-0.05, 0) is 67.1 Å². The maximum atomic E-state index is 12.1. The first-order chi connectivity index (χ1) is 22.1. The number of fused-ring (bicyclic) bond motifs is 1. The van der Waals surface area contributed by atoms with Crippen LogP contribution in [-0.4, -0.2) is 51.5 Å². The molecule has 2 aliphatic rings. The fourth-order valence-electron chi connectivity index (χ4n) is 5.72. The minimum absolute atomic E-state index is 0.0144. The van der Waals surface area contributed by atoms with Crippen LogP contribution >= 0.6 is 0 Å². The molecule has 1 amide bonds. The number of carboxylic acids is 1. The Hall–Kier alpha value is -3.73. The lowest BCUT2D eigenvalue weighted by Crippen LogP contribution is -2.30. The lowest BCUT2D eigenvalue weighted by molar-refractivity contribution is -0.142. The first-order valence-electron chi connectivity index (χ1n) is 16.5. The molecule has 5 rings (SSSR count). The molecule has 1 aliphatic heterocycles. The fraction of sp³-hybridized carbons (Fsp3) is 0.543. The van der Waals surface area contributed by atoms with Gasteiger partial charge in [-0.15, -0.1) is 0 Å². The molecule has 0 unspecified atom stereocenters. The van der Waals surface area contributed by atoms with Crippen molar-refractivity contribution in [2.24, 2.45) is 0 Å². The molecule has 11 heteroatoms. The Morgan fingerprint density at radius 3 is 2.39 bits per heavy atom. The SMILES string of the molecule is CCCCCCCCCCNCc1cncc(-c2ccc3c(c2)CCC(=O)N3C)c1.O=C(O)c1cn(CC(F)(F)F)nc1C1CC1. The number of aromatic nitrogens is 3. The number of pyridine rings is 1. The number of unbranched alkanes of at least 4 members (excludes halogenated alkanes) is 7. The number of carbonyl (C=O) groups excluding carboxylic acids is 1. The van der Waals surface area contributed by atoms with Crippen LogP contribution in [-0.2, 0) is 24.3 Å². The highest BCUT2D eigenvalue weighted by molar-refractivity contribution is 5.96. The first kappa shape index (κ1) is 35.1. The van der Waals surface area contributed by atoms with E-state index in [0.717, 1.165) is 49.8 Å². The summed E-state index contributed by atoms with van der Waals surface area (Å²) in [5, 5.41) is 16.1. The number of nitrogens with one attached hydrogen (secondary N) is 1. The van der Waals surface area contributed by atoms with Gasteiger partial charge in [0.2, 0.25) is 5.91 Å². The smallest absolute Gasteiger partial charge is 0.408 e. The summed E-state index contributed by atoms with van der Waals surface area (Å²) in [6.07, 6.45) is 14.3. The van der Waals surface area contributed by atoms with Crippen molar-refractivity contribution in [3.63, 3.8) is 0 Å². The van der Waals surface area contributed by atoms with E-state index in [1.165, 1.54) is 68.1 Å². The molecule has 3 heterocycles. The molecule has 2 N–H and O–H groups in total. The summed E-state index contributed by atoms with van der Waals surface area (Å²) in [5.41, 5.74) is 5.97. The van der Waals surface area contributed by atoms with Crippen molar-refractivity contribution in [3.05, 3.63) is 65.2 Å². The molecule has 1 aromatic carbocycles. The Kier molecular flexibility index (Phi) is 12.8. The zero-order valence-corrected chi connectivity index (χ0v) is 26.9. The highest BCUT2D eigenvalue weighted by Crippen LogP contribution is 2.41. The number of anilines is 1. The summed E-state index contributed by atoms with van der Waals surface area (Å²) >= 11 is 0. The van der Waals surface area contributed by atoms with Crippen LogP contribution in [0.1, 0.15) is 111 Å². The number of nitrogens with zero attached hydrogens (tertiary/aromatic N) is 4. The Morgan fingerprint density at radius 2 is 1.72 bits per heavy atom. The molecule has 8 nitrogen and oxygen atoms in total. The number of carbonyl (C=O) groups is 2. The van der Waals surface area contributed by atoms with Crippen LogP contribution in [0, 0.1) is 0 Å². The summed E-state index contributed by atoms with van der Waals surface area (Å²) in [7, 11) is 1.86. The largest absolute Gasteiger partial charge is 0.478 e. The topological polar surface area (TPSA) is 100 Å². The minimum Gasteiger partial charge on any atom is -0.478 e. The highest BCUT2D eigenvalue weighted by atomic mass is 19.4. The third-order valence-electron chi connectivity index (χ3n) is 8.41. The van der Waals surface area contributed by atoms with Gasteiger partial charge in [-0.2, -0.15) is 18.3 Å². The maximum absolute atomic E-state index is 12.1. The normalized spacial score (nSPS) is 14.5. The van der Waals surface area contributed by atoms with Gasteiger partial charge >= 0.3 is 12.1 Å². The number of carboxylic acid groups (broad SMARTS) is 1. The number of amides is 1. The van der Waals surface area contributed by atoms with E-state index in [1.807, 2.05) is 19.4 Å². The van der Waals surface area contributed by atoms with E-state index in [0.29, 0.717) is 11.1 Å². The van der Waals surface area contributed by atoms with E-state index in [1.54, 1.807) is 4.90 Å². The third kappa shape index (κ3) is 10.7. The molecule has 0 radical (unpaired) electrons. The van der Waals surface area contributed by atoms with Crippen LogP contribution in [0.4, 0.5) is 18.9 Å². The van der Waals surface area contributed by atoms with Gasteiger partial charge in [0, 0.05) is 55.8 Å². The Labute approximate surface area is 269 Å². The van der Waals surface area contributed by atoms with Crippen molar-refractivity contribution in [2.45, 2.75) is 109 Å². The molecule has 1 saturated carbocycles. The quantitative estimate of drug-likeness (QED) is 0.164. The molecule has 3 aromatic rings. The first-order valence-corrected chi connectivity index (χ1v) is 16.5. The molecule has 0 saturated heterocycles. The average molecular weight is 642 g/mol. The van der Waals surface area contributed by atoms with Gasteiger partial charge in [0.15, 0.2) is 0 Å². The lowest BCUT2D eigenvalue weighted by Gasteiger charge is -2.26. The van der Waals surface area contributed by atoms with Crippen molar-refractivity contribution >= 4 is 17.6 Å². The van der Waals surface area contributed by atoms with Crippen molar-refractivity contribution in [1.82, 2.24) is 20.1 Å². The zero-order chi connectivity index (χ0) is 33.1. The molecular weight excluding hydrogens is 595 g/mol. The predicted octanol–water partition coefficient (Wildman–Crippen LogP) is 7.91. The molecule has 1 aliphatic carbocycles. The van der Waals surface area contributed by atoms with E-state index >= 15 is 0 Å². The summed E-state index contributed by atoms with van der Waals surface area (Å²) in [6.45, 7) is 2.95.